The molecule has 0 radical (unpaired) electrons. The first kappa shape index (κ1) is 9.56. The number of aromatic nitrogens is 1. The summed E-state index contributed by atoms with van der Waals surface area (Å²) in [5, 5.41) is 17.1. The van der Waals surface area contributed by atoms with Crippen LogP contribution in [0.25, 0.3) is 10.6 Å². The van der Waals surface area contributed by atoms with Crippen molar-refractivity contribution in [2.75, 3.05) is 0 Å². The Hall–Kier alpha value is -1.99. The van der Waals surface area contributed by atoms with E-state index in [4.69, 9.17) is 10.7 Å². The largest absolute Gasteiger partial charge is 0.289 e. The molecule has 0 saturated carbocycles. The van der Waals surface area contributed by atoms with Crippen molar-refractivity contribution in [1.29, 1.82) is 10.7 Å². The number of benzene rings is 1. The summed E-state index contributed by atoms with van der Waals surface area (Å²) in [5.41, 5.74) is 1.29. The lowest BCUT2D eigenvalue weighted by molar-refractivity contribution is 1.26. The number of hydrogen-bond donors (Lipinski definition) is 1. The van der Waals surface area contributed by atoms with Crippen molar-refractivity contribution in [1.82, 2.24) is 4.98 Å². The molecule has 0 unspecified atom stereocenters. The molecule has 1 aromatic carbocycles. The molecule has 4 heteroatoms. The van der Waals surface area contributed by atoms with Gasteiger partial charge in [-0.15, -0.1) is 0 Å². The van der Waals surface area contributed by atoms with E-state index in [1.165, 1.54) is 17.5 Å². The highest BCUT2D eigenvalue weighted by Crippen LogP contribution is 2.17. The van der Waals surface area contributed by atoms with E-state index in [1.54, 1.807) is 0 Å². The van der Waals surface area contributed by atoms with Gasteiger partial charge in [-0.2, -0.15) is 5.26 Å². The molecule has 2 rings (SSSR count). The van der Waals surface area contributed by atoms with Gasteiger partial charge < -0.3 is 0 Å². The first-order valence-corrected chi connectivity index (χ1v) is 5.13. The summed E-state index contributed by atoms with van der Waals surface area (Å²) in [6.07, 6.45) is 1.45. The molecule has 0 bridgehead atoms. The average Bonchev–Trinajstić information content (AvgIpc) is 2.30. The van der Waals surface area contributed by atoms with Crippen molar-refractivity contribution in [2.24, 2.45) is 0 Å². The Morgan fingerprint density at radius 1 is 1.27 bits per heavy atom. The fourth-order valence-electron chi connectivity index (χ4n) is 1.15. The summed E-state index contributed by atoms with van der Waals surface area (Å²) in [6, 6.07) is 11.6. The number of nitrogens with one attached hydrogen (secondary N) is 1. The summed E-state index contributed by atoms with van der Waals surface area (Å²) in [7, 11) is 0. The molecular weight excluding hydrogens is 206 g/mol. The van der Waals surface area contributed by atoms with Crippen LogP contribution in [0.15, 0.2) is 36.5 Å². The third-order valence-electron chi connectivity index (χ3n) is 1.90. The van der Waals surface area contributed by atoms with Gasteiger partial charge in [0.15, 0.2) is 0 Å². The zero-order valence-electron chi connectivity index (χ0n) is 7.77. The predicted molar refractivity (Wildman–Crippen MR) is 58.1 cm³/mol. The standard InChI is InChI=1S/C11H7N3S/c12-6-9-7-14-11(15-10(9)13)8-4-2-1-3-5-8/h1-5,7,13H. The molecule has 0 saturated heterocycles. The van der Waals surface area contributed by atoms with E-state index >= 15 is 0 Å². The van der Waals surface area contributed by atoms with Crippen LogP contribution >= 0.6 is 11.3 Å². The zero-order valence-corrected chi connectivity index (χ0v) is 8.58. The molecule has 15 heavy (non-hydrogen) atoms. The van der Waals surface area contributed by atoms with Gasteiger partial charge in [-0.1, -0.05) is 41.7 Å². The van der Waals surface area contributed by atoms with Gasteiger partial charge in [-0.3, -0.25) is 5.41 Å². The minimum Gasteiger partial charge on any atom is -0.289 e. The van der Waals surface area contributed by atoms with Crippen molar-refractivity contribution in [3.05, 3.63) is 46.8 Å². The van der Waals surface area contributed by atoms with Crippen LogP contribution in [-0.2, 0) is 0 Å². The lowest BCUT2D eigenvalue weighted by atomic mass is 10.2. The van der Waals surface area contributed by atoms with E-state index in [0.29, 0.717) is 5.56 Å². The number of nitrogens with zero attached hydrogens (tertiary/aromatic N) is 2. The second-order valence-corrected chi connectivity index (χ2v) is 3.89. The van der Waals surface area contributed by atoms with Gasteiger partial charge in [0.2, 0.25) is 0 Å². The normalized spacial score (nSPS) is 9.53. The fourth-order valence-corrected chi connectivity index (χ4v) is 1.91. The van der Waals surface area contributed by atoms with Crippen LogP contribution in [0.3, 0.4) is 0 Å². The molecule has 0 aliphatic rings. The molecule has 0 aliphatic carbocycles. The van der Waals surface area contributed by atoms with E-state index in [2.05, 4.69) is 4.98 Å². The Bertz CT molecular complexity index is 566. The molecule has 72 valence electrons. The van der Waals surface area contributed by atoms with Gasteiger partial charge >= 0.3 is 0 Å². The van der Waals surface area contributed by atoms with E-state index < -0.39 is 0 Å². The summed E-state index contributed by atoms with van der Waals surface area (Å²) < 4.78 is 0.256. The Labute approximate surface area is 90.8 Å². The Kier molecular flexibility index (Phi) is 2.57. The van der Waals surface area contributed by atoms with Crippen LogP contribution in [0, 0.1) is 16.7 Å². The second-order valence-electron chi connectivity index (χ2n) is 2.89. The van der Waals surface area contributed by atoms with Gasteiger partial charge in [-0.05, 0) is 0 Å². The van der Waals surface area contributed by atoms with Crippen molar-refractivity contribution in [3.63, 3.8) is 0 Å². The summed E-state index contributed by atoms with van der Waals surface area (Å²) >= 11 is 1.21. The molecule has 1 heterocycles. The van der Waals surface area contributed by atoms with Crippen molar-refractivity contribution in [3.8, 4) is 16.6 Å². The smallest absolute Gasteiger partial charge is 0.129 e. The molecule has 2 aromatic rings. The van der Waals surface area contributed by atoms with Crippen LogP contribution in [0.2, 0.25) is 0 Å². The Morgan fingerprint density at radius 2 is 2.00 bits per heavy atom. The molecule has 0 spiro atoms. The van der Waals surface area contributed by atoms with Gasteiger partial charge in [0, 0.05) is 11.8 Å². The lowest BCUT2D eigenvalue weighted by Crippen LogP contribution is -2.01. The third kappa shape index (κ3) is 1.92. The highest BCUT2D eigenvalue weighted by molar-refractivity contribution is 7.12. The van der Waals surface area contributed by atoms with E-state index in [-0.39, 0.29) is 4.67 Å². The van der Waals surface area contributed by atoms with Crippen LogP contribution in [0.5, 0.6) is 0 Å². The molecule has 0 atom stereocenters. The molecule has 1 N–H and O–H groups in total. The molecule has 0 amide bonds. The molecule has 0 fully saturated rings. The third-order valence-corrected chi connectivity index (χ3v) is 2.85. The number of hydrogen-bond acceptors (Lipinski definition) is 4. The predicted octanol–water partition coefficient (Wildman–Crippen LogP) is 2.16. The van der Waals surface area contributed by atoms with Crippen LogP contribution < -0.4 is 4.67 Å². The summed E-state index contributed by atoms with van der Waals surface area (Å²) in [6.45, 7) is 0. The van der Waals surface area contributed by atoms with E-state index in [9.17, 15) is 0 Å². The quantitative estimate of drug-likeness (QED) is 0.789. The lowest BCUT2D eigenvalue weighted by Gasteiger charge is -1.98. The zero-order chi connectivity index (χ0) is 10.7. The first-order valence-electron chi connectivity index (χ1n) is 4.31. The van der Waals surface area contributed by atoms with Crippen molar-refractivity contribution < 1.29 is 0 Å². The van der Waals surface area contributed by atoms with Crippen LogP contribution in [0.4, 0.5) is 0 Å². The SMILES string of the molecule is N#Cc1cnc(-c2ccccc2)sc1=N. The van der Waals surface area contributed by atoms with Crippen molar-refractivity contribution in [2.45, 2.75) is 0 Å². The Balaban J connectivity index is 2.54. The average molecular weight is 213 g/mol. The number of nitriles is 1. The van der Waals surface area contributed by atoms with Gasteiger partial charge in [-0.25, -0.2) is 4.98 Å². The monoisotopic (exact) mass is 213 g/mol. The Morgan fingerprint density at radius 3 is 2.60 bits per heavy atom. The molecule has 0 aliphatic heterocycles. The van der Waals surface area contributed by atoms with Crippen LogP contribution in [-0.4, -0.2) is 4.98 Å². The van der Waals surface area contributed by atoms with Gasteiger partial charge in [0.05, 0.1) is 0 Å². The first-order chi connectivity index (χ1) is 7.31. The highest BCUT2D eigenvalue weighted by Gasteiger charge is 2.01. The molecule has 3 nitrogen and oxygen atoms in total. The van der Waals surface area contributed by atoms with E-state index in [0.717, 1.165) is 10.6 Å². The minimum absolute atomic E-state index is 0.256. The summed E-state index contributed by atoms with van der Waals surface area (Å²) in [4.78, 5) is 4.16. The molecular formula is C11H7N3S. The maximum Gasteiger partial charge on any atom is 0.129 e. The van der Waals surface area contributed by atoms with E-state index in [1.807, 2.05) is 36.4 Å². The van der Waals surface area contributed by atoms with Crippen LogP contribution in [0.1, 0.15) is 5.56 Å². The molecule has 1 aromatic heterocycles. The minimum atomic E-state index is 0.256. The second kappa shape index (κ2) is 4.03. The number of rotatable bonds is 1. The van der Waals surface area contributed by atoms with Gasteiger partial charge in [0.25, 0.3) is 0 Å². The van der Waals surface area contributed by atoms with Crippen molar-refractivity contribution >= 4 is 11.3 Å². The van der Waals surface area contributed by atoms with Gasteiger partial charge in [0.1, 0.15) is 21.3 Å². The summed E-state index contributed by atoms with van der Waals surface area (Å²) in [5.74, 6) is 0. The highest BCUT2D eigenvalue weighted by atomic mass is 32.1. The fraction of sp³-hybridized carbons (Fsp3) is 0. The maximum absolute atomic E-state index is 8.68. The maximum atomic E-state index is 8.68. The topological polar surface area (TPSA) is 60.5 Å².